The Morgan fingerprint density at radius 2 is 2.05 bits per heavy atom. The van der Waals surface area contributed by atoms with Gasteiger partial charge in [-0.3, -0.25) is 0 Å². The van der Waals surface area contributed by atoms with Crippen LogP contribution in [0, 0.1) is 6.92 Å². The second-order valence-corrected chi connectivity index (χ2v) is 5.35. The van der Waals surface area contributed by atoms with Gasteiger partial charge in [-0.15, -0.1) is 11.3 Å². The van der Waals surface area contributed by atoms with Gasteiger partial charge in [-0.1, -0.05) is 12.1 Å². The summed E-state index contributed by atoms with van der Waals surface area (Å²) in [6.45, 7) is 2.06. The molecule has 0 atom stereocenters. The molecule has 2 aromatic heterocycles. The van der Waals surface area contributed by atoms with Crippen LogP contribution >= 0.6 is 11.3 Å². The summed E-state index contributed by atoms with van der Waals surface area (Å²) in [5.41, 5.74) is 2.11. The number of aromatic nitrogens is 2. The van der Waals surface area contributed by atoms with E-state index >= 15 is 0 Å². The first-order valence-corrected chi connectivity index (χ1v) is 7.19. The summed E-state index contributed by atoms with van der Waals surface area (Å²) in [5.74, 6) is 2.34. The molecule has 0 saturated carbocycles. The molecule has 3 aromatic rings. The zero-order valence-electron chi connectivity index (χ0n) is 11.6. The average Bonchev–Trinajstić information content (AvgIpc) is 2.95. The second-order valence-electron chi connectivity index (χ2n) is 4.43. The summed E-state index contributed by atoms with van der Waals surface area (Å²) in [6.07, 6.45) is 0. The zero-order valence-corrected chi connectivity index (χ0v) is 12.4. The van der Waals surface area contributed by atoms with E-state index in [0.717, 1.165) is 32.9 Å². The van der Waals surface area contributed by atoms with E-state index in [2.05, 4.69) is 23.3 Å². The molecule has 0 fully saturated rings. The number of methoxy groups -OCH3 is 1. The lowest BCUT2D eigenvalue weighted by Crippen LogP contribution is -1.99. The fraction of sp³-hybridized carbons (Fsp3) is 0.200. The minimum Gasteiger partial charge on any atom is -0.495 e. The van der Waals surface area contributed by atoms with E-state index in [-0.39, 0.29) is 0 Å². The second kappa shape index (κ2) is 5.09. The molecule has 3 rings (SSSR count). The molecular weight excluding hydrogens is 270 g/mol. The SMILES string of the molecule is CNc1nc(-c2sccc2OC)nc2c(C)cccc12. The number of benzene rings is 1. The highest BCUT2D eigenvalue weighted by Gasteiger charge is 2.14. The molecule has 5 heteroatoms. The van der Waals surface area contributed by atoms with Gasteiger partial charge in [0.05, 0.1) is 12.6 Å². The van der Waals surface area contributed by atoms with Gasteiger partial charge in [-0.25, -0.2) is 9.97 Å². The molecule has 0 saturated heterocycles. The van der Waals surface area contributed by atoms with E-state index in [1.807, 2.05) is 30.6 Å². The van der Waals surface area contributed by atoms with Gasteiger partial charge in [0.1, 0.15) is 16.4 Å². The summed E-state index contributed by atoms with van der Waals surface area (Å²) in [7, 11) is 3.54. The molecule has 102 valence electrons. The number of rotatable bonds is 3. The predicted octanol–water partition coefficient (Wildman–Crippen LogP) is 3.72. The fourth-order valence-corrected chi connectivity index (χ4v) is 3.00. The number of nitrogens with zero attached hydrogens (tertiary/aromatic N) is 2. The largest absolute Gasteiger partial charge is 0.495 e. The Morgan fingerprint density at radius 3 is 2.80 bits per heavy atom. The van der Waals surface area contributed by atoms with Crippen LogP contribution in [0.15, 0.2) is 29.6 Å². The van der Waals surface area contributed by atoms with Crippen LogP contribution in [0.3, 0.4) is 0 Å². The molecule has 0 unspecified atom stereocenters. The van der Waals surface area contributed by atoms with Crippen molar-refractivity contribution in [1.29, 1.82) is 0 Å². The molecule has 1 N–H and O–H groups in total. The maximum Gasteiger partial charge on any atom is 0.176 e. The maximum atomic E-state index is 5.37. The molecule has 0 spiro atoms. The number of hydrogen-bond acceptors (Lipinski definition) is 5. The number of fused-ring (bicyclic) bond motifs is 1. The summed E-state index contributed by atoms with van der Waals surface area (Å²) >= 11 is 1.58. The van der Waals surface area contributed by atoms with E-state index in [1.54, 1.807) is 18.4 Å². The number of aryl methyl sites for hydroxylation is 1. The Morgan fingerprint density at radius 1 is 1.20 bits per heavy atom. The first-order valence-electron chi connectivity index (χ1n) is 6.31. The molecule has 1 aromatic carbocycles. The molecule has 20 heavy (non-hydrogen) atoms. The molecule has 0 amide bonds. The van der Waals surface area contributed by atoms with E-state index < -0.39 is 0 Å². The van der Waals surface area contributed by atoms with Crippen LogP contribution < -0.4 is 10.1 Å². The smallest absolute Gasteiger partial charge is 0.176 e. The third-order valence-corrected chi connectivity index (χ3v) is 4.11. The van der Waals surface area contributed by atoms with Crippen molar-refractivity contribution in [3.8, 4) is 16.5 Å². The van der Waals surface area contributed by atoms with Gasteiger partial charge < -0.3 is 10.1 Å². The fourth-order valence-electron chi connectivity index (χ4n) is 2.21. The number of thiophene rings is 1. The highest BCUT2D eigenvalue weighted by atomic mass is 32.1. The van der Waals surface area contributed by atoms with Crippen molar-refractivity contribution in [3.05, 3.63) is 35.2 Å². The third kappa shape index (κ3) is 2.00. The molecule has 0 radical (unpaired) electrons. The van der Waals surface area contributed by atoms with Gasteiger partial charge in [-0.2, -0.15) is 0 Å². The van der Waals surface area contributed by atoms with Crippen LogP contribution in [-0.2, 0) is 0 Å². The van der Waals surface area contributed by atoms with Crippen molar-refractivity contribution in [2.45, 2.75) is 6.92 Å². The van der Waals surface area contributed by atoms with Crippen LogP contribution in [0.25, 0.3) is 21.6 Å². The van der Waals surface area contributed by atoms with E-state index in [4.69, 9.17) is 9.72 Å². The Hall–Kier alpha value is -2.14. The van der Waals surface area contributed by atoms with Crippen molar-refractivity contribution >= 4 is 28.1 Å². The van der Waals surface area contributed by atoms with Crippen LogP contribution in [0.2, 0.25) is 0 Å². The van der Waals surface area contributed by atoms with Crippen LogP contribution in [0.5, 0.6) is 5.75 Å². The first kappa shape index (κ1) is 12.9. The predicted molar refractivity (Wildman–Crippen MR) is 83.7 cm³/mol. The van der Waals surface area contributed by atoms with Crippen molar-refractivity contribution in [2.24, 2.45) is 0 Å². The van der Waals surface area contributed by atoms with Gasteiger partial charge in [0.2, 0.25) is 0 Å². The van der Waals surface area contributed by atoms with Gasteiger partial charge >= 0.3 is 0 Å². The summed E-state index contributed by atoms with van der Waals surface area (Å²) in [4.78, 5) is 10.3. The van der Waals surface area contributed by atoms with Gasteiger partial charge in [0.25, 0.3) is 0 Å². The Bertz CT molecular complexity index is 767. The summed E-state index contributed by atoms with van der Waals surface area (Å²) in [5, 5.41) is 6.17. The third-order valence-electron chi connectivity index (χ3n) is 3.22. The van der Waals surface area contributed by atoms with Crippen molar-refractivity contribution < 1.29 is 4.74 Å². The van der Waals surface area contributed by atoms with Gasteiger partial charge in [-0.05, 0) is 30.0 Å². The number of nitrogens with one attached hydrogen (secondary N) is 1. The normalized spacial score (nSPS) is 10.8. The number of hydrogen-bond donors (Lipinski definition) is 1. The minimum absolute atomic E-state index is 0.697. The molecule has 2 heterocycles. The van der Waals surface area contributed by atoms with Crippen LogP contribution in [0.4, 0.5) is 5.82 Å². The molecule has 4 nitrogen and oxygen atoms in total. The zero-order chi connectivity index (χ0) is 14.1. The molecule has 0 aliphatic rings. The first-order chi connectivity index (χ1) is 9.74. The van der Waals surface area contributed by atoms with E-state index in [9.17, 15) is 0 Å². The standard InChI is InChI=1S/C15H15N3OS/c1-9-5-4-6-10-12(9)17-15(18-14(10)16-2)13-11(19-3)7-8-20-13/h4-8H,1-3H3,(H,16,17,18). The van der Waals surface area contributed by atoms with Crippen LogP contribution in [-0.4, -0.2) is 24.1 Å². The molecule has 0 aliphatic carbocycles. The Balaban J connectivity index is 2.30. The monoisotopic (exact) mass is 285 g/mol. The maximum absolute atomic E-state index is 5.37. The van der Waals surface area contributed by atoms with E-state index in [0.29, 0.717) is 5.82 Å². The number of para-hydroxylation sites is 1. The highest BCUT2D eigenvalue weighted by molar-refractivity contribution is 7.13. The molecular formula is C15H15N3OS. The van der Waals surface area contributed by atoms with Crippen molar-refractivity contribution in [1.82, 2.24) is 9.97 Å². The van der Waals surface area contributed by atoms with Crippen molar-refractivity contribution in [2.75, 3.05) is 19.5 Å². The van der Waals surface area contributed by atoms with Gasteiger partial charge in [0.15, 0.2) is 5.82 Å². The number of anilines is 1. The lowest BCUT2D eigenvalue weighted by molar-refractivity contribution is 0.418. The Labute approximate surface area is 121 Å². The molecule has 0 bridgehead atoms. The van der Waals surface area contributed by atoms with Crippen LogP contribution in [0.1, 0.15) is 5.56 Å². The van der Waals surface area contributed by atoms with Crippen molar-refractivity contribution in [3.63, 3.8) is 0 Å². The number of ether oxygens (including phenoxy) is 1. The summed E-state index contributed by atoms with van der Waals surface area (Å²) < 4.78 is 5.37. The van der Waals surface area contributed by atoms with E-state index in [1.165, 1.54) is 0 Å². The van der Waals surface area contributed by atoms with Gasteiger partial charge in [0, 0.05) is 12.4 Å². The quantitative estimate of drug-likeness (QED) is 0.796. The lowest BCUT2D eigenvalue weighted by atomic mass is 10.1. The average molecular weight is 285 g/mol. The topological polar surface area (TPSA) is 47.0 Å². The highest BCUT2D eigenvalue weighted by Crippen LogP contribution is 2.35. The summed E-state index contributed by atoms with van der Waals surface area (Å²) in [6, 6.07) is 8.05. The Kier molecular flexibility index (Phi) is 3.28. The molecule has 0 aliphatic heterocycles. The lowest BCUT2D eigenvalue weighted by Gasteiger charge is -2.09. The minimum atomic E-state index is 0.697.